The smallest absolute Gasteiger partial charge is 0.254 e. The number of fused-ring (bicyclic) bond motifs is 1. The Kier molecular flexibility index (Phi) is 5.33. The largest absolute Gasteiger partial charge is 0.355 e. The van der Waals surface area contributed by atoms with Crippen LogP contribution in [0.5, 0.6) is 0 Å². The number of nitrogens with zero attached hydrogens (tertiary/aromatic N) is 3. The van der Waals surface area contributed by atoms with Crippen LogP contribution >= 0.6 is 0 Å². The van der Waals surface area contributed by atoms with Crippen LogP contribution in [-0.4, -0.2) is 63.7 Å². The third kappa shape index (κ3) is 3.85. The highest BCUT2D eigenvalue weighted by molar-refractivity contribution is 5.97. The minimum Gasteiger partial charge on any atom is -0.355 e. The quantitative estimate of drug-likeness (QED) is 0.652. The van der Waals surface area contributed by atoms with Gasteiger partial charge in [-0.1, -0.05) is 12.8 Å². The van der Waals surface area contributed by atoms with E-state index in [1.54, 1.807) is 0 Å². The van der Waals surface area contributed by atoms with E-state index < -0.39 is 17.1 Å². The zero-order valence-electron chi connectivity index (χ0n) is 18.7. The van der Waals surface area contributed by atoms with Crippen molar-refractivity contribution in [1.29, 1.82) is 0 Å². The zero-order valence-corrected chi connectivity index (χ0v) is 18.7. The van der Waals surface area contributed by atoms with Crippen molar-refractivity contribution in [3.63, 3.8) is 0 Å². The fourth-order valence-electron chi connectivity index (χ4n) is 5.86. The first-order valence-electron chi connectivity index (χ1n) is 11.7. The van der Waals surface area contributed by atoms with Gasteiger partial charge in [0.1, 0.15) is 16.9 Å². The molecular formula is C23H29FN6O3. The molecule has 1 saturated carbocycles. The van der Waals surface area contributed by atoms with E-state index in [0.717, 1.165) is 38.5 Å². The third-order valence-corrected chi connectivity index (χ3v) is 7.90. The van der Waals surface area contributed by atoms with Gasteiger partial charge in [-0.15, -0.1) is 0 Å². The molecule has 2 aromatic rings. The average molecular weight is 457 g/mol. The molecule has 1 aromatic carbocycles. The van der Waals surface area contributed by atoms with Gasteiger partial charge in [0.15, 0.2) is 0 Å². The summed E-state index contributed by atoms with van der Waals surface area (Å²) >= 11 is 0. The number of carbonyl (C=O) groups is 3. The van der Waals surface area contributed by atoms with Crippen molar-refractivity contribution in [2.45, 2.75) is 57.9 Å². The molecule has 5 rings (SSSR count). The molecule has 3 fully saturated rings. The van der Waals surface area contributed by atoms with Gasteiger partial charge in [-0.3, -0.25) is 14.4 Å². The molecule has 1 aromatic heterocycles. The molecule has 2 unspecified atom stereocenters. The van der Waals surface area contributed by atoms with Crippen molar-refractivity contribution in [3.05, 3.63) is 23.5 Å². The lowest BCUT2D eigenvalue weighted by molar-refractivity contribution is -0.144. The van der Waals surface area contributed by atoms with Crippen molar-refractivity contribution >= 4 is 28.8 Å². The second kappa shape index (κ2) is 8.07. The predicted molar refractivity (Wildman–Crippen MR) is 118 cm³/mol. The first-order valence-corrected chi connectivity index (χ1v) is 11.7. The van der Waals surface area contributed by atoms with Gasteiger partial charge in [-0.05, 0) is 44.1 Å². The van der Waals surface area contributed by atoms with Crippen molar-refractivity contribution in [1.82, 2.24) is 30.9 Å². The molecule has 2 aliphatic heterocycles. The number of carbonyl (C=O) groups excluding carboxylic acids is 3. The minimum absolute atomic E-state index is 0.0232. The number of piperidine rings is 1. The van der Waals surface area contributed by atoms with E-state index in [1.165, 1.54) is 12.1 Å². The molecule has 3 amide bonds. The van der Waals surface area contributed by atoms with Gasteiger partial charge >= 0.3 is 0 Å². The van der Waals surface area contributed by atoms with Gasteiger partial charge in [0.25, 0.3) is 5.91 Å². The number of benzene rings is 1. The highest BCUT2D eigenvalue weighted by atomic mass is 19.1. The summed E-state index contributed by atoms with van der Waals surface area (Å²) in [6.45, 7) is 3.44. The van der Waals surface area contributed by atoms with Crippen molar-refractivity contribution in [2.24, 2.45) is 10.8 Å². The van der Waals surface area contributed by atoms with E-state index in [1.807, 2.05) is 11.8 Å². The van der Waals surface area contributed by atoms with E-state index in [2.05, 4.69) is 26.0 Å². The van der Waals surface area contributed by atoms with E-state index in [0.29, 0.717) is 30.7 Å². The number of H-pyrrole nitrogens is 1. The maximum Gasteiger partial charge on any atom is 0.254 e. The summed E-state index contributed by atoms with van der Waals surface area (Å²) in [6, 6.07) is 2.57. The van der Waals surface area contributed by atoms with Gasteiger partial charge in [-0.25, -0.2) is 4.39 Å². The van der Waals surface area contributed by atoms with Crippen LogP contribution in [0.15, 0.2) is 12.1 Å². The molecule has 10 heteroatoms. The zero-order chi connectivity index (χ0) is 23.2. The summed E-state index contributed by atoms with van der Waals surface area (Å²) in [5.74, 6) is -1.11. The molecule has 3 heterocycles. The molecule has 1 aliphatic carbocycles. The number of aromatic nitrogens is 3. The Hall–Kier alpha value is -3.04. The van der Waals surface area contributed by atoms with Crippen LogP contribution in [0.1, 0.15) is 62.2 Å². The number of rotatable bonds is 3. The highest BCUT2D eigenvalue weighted by Crippen LogP contribution is 2.45. The number of likely N-dealkylation sites (tertiary alicyclic amines) is 1. The fourth-order valence-corrected chi connectivity index (χ4v) is 5.86. The molecular weight excluding hydrogens is 427 g/mol. The number of hydrogen-bond donors (Lipinski definition) is 3. The number of amides is 3. The predicted octanol–water partition coefficient (Wildman–Crippen LogP) is 1.90. The summed E-state index contributed by atoms with van der Waals surface area (Å²) in [6.07, 6.45) is 5.69. The maximum absolute atomic E-state index is 14.6. The molecule has 0 radical (unpaired) electrons. The van der Waals surface area contributed by atoms with Crippen LogP contribution in [0, 0.1) is 16.6 Å². The van der Waals surface area contributed by atoms with Crippen molar-refractivity contribution in [2.75, 3.05) is 19.6 Å². The maximum atomic E-state index is 14.6. The van der Waals surface area contributed by atoms with Gasteiger partial charge < -0.3 is 15.5 Å². The second-order valence-electron chi connectivity index (χ2n) is 10.1. The Morgan fingerprint density at radius 1 is 1.15 bits per heavy atom. The van der Waals surface area contributed by atoms with Crippen LogP contribution < -0.4 is 10.6 Å². The Morgan fingerprint density at radius 2 is 1.88 bits per heavy atom. The molecule has 9 nitrogen and oxygen atoms in total. The lowest BCUT2D eigenvalue weighted by Gasteiger charge is -2.50. The summed E-state index contributed by atoms with van der Waals surface area (Å²) in [4.78, 5) is 39.7. The molecule has 0 bridgehead atoms. The van der Waals surface area contributed by atoms with Crippen LogP contribution in [0.2, 0.25) is 0 Å². The van der Waals surface area contributed by atoms with Crippen LogP contribution in [0.3, 0.4) is 0 Å². The average Bonchev–Trinajstić information content (AvgIpc) is 3.40. The fraction of sp³-hybridized carbons (Fsp3) is 0.609. The van der Waals surface area contributed by atoms with Gasteiger partial charge in [0, 0.05) is 38.2 Å². The number of halogens is 1. The van der Waals surface area contributed by atoms with Crippen LogP contribution in [-0.2, 0) is 9.59 Å². The monoisotopic (exact) mass is 456 g/mol. The molecule has 2 saturated heterocycles. The Morgan fingerprint density at radius 3 is 2.58 bits per heavy atom. The molecule has 176 valence electrons. The minimum atomic E-state index is -0.681. The topological polar surface area (TPSA) is 120 Å². The Bertz CT molecular complexity index is 1110. The lowest BCUT2D eigenvalue weighted by Crippen LogP contribution is -2.56. The number of hydrogen-bond acceptors (Lipinski definition) is 5. The Labute approximate surface area is 190 Å². The number of aromatic amines is 1. The summed E-state index contributed by atoms with van der Waals surface area (Å²) in [5, 5.41) is 16.1. The first-order chi connectivity index (χ1) is 15.8. The van der Waals surface area contributed by atoms with Crippen molar-refractivity contribution in [3.8, 4) is 0 Å². The number of nitrogens with one attached hydrogen (secondary N) is 3. The van der Waals surface area contributed by atoms with Crippen molar-refractivity contribution < 1.29 is 18.8 Å². The molecule has 3 aliphatic rings. The van der Waals surface area contributed by atoms with Gasteiger partial charge in [-0.2, -0.15) is 15.4 Å². The van der Waals surface area contributed by atoms with Gasteiger partial charge in [0.05, 0.1) is 11.0 Å². The highest BCUT2D eigenvalue weighted by Gasteiger charge is 2.48. The van der Waals surface area contributed by atoms with E-state index in [4.69, 9.17) is 0 Å². The van der Waals surface area contributed by atoms with E-state index >= 15 is 0 Å². The second-order valence-corrected chi connectivity index (χ2v) is 10.1. The SMILES string of the molecule is CC1(C(=O)N2CCC3(CCCCC3NC(=O)c3cc4n[nH]nc4cc3F)CC2)CNC(=O)C1. The van der Waals surface area contributed by atoms with Crippen LogP contribution in [0.4, 0.5) is 4.39 Å². The Balaban J connectivity index is 1.29. The summed E-state index contributed by atoms with van der Waals surface area (Å²) < 4.78 is 14.6. The third-order valence-electron chi connectivity index (χ3n) is 7.90. The molecule has 33 heavy (non-hydrogen) atoms. The lowest BCUT2D eigenvalue weighted by atomic mass is 9.64. The standard InChI is InChI=1S/C23H29FN6O3/c1-22(12-19(31)25-13-22)21(33)30-8-6-23(7-9-30)5-3-2-4-18(23)26-20(32)14-10-16-17(11-15(14)24)28-29-27-16/h10-11,18H,2-9,12-13H2,1H3,(H,25,31)(H,26,32)(H,27,28,29). The molecule has 1 spiro atoms. The van der Waals surface area contributed by atoms with E-state index in [9.17, 15) is 18.8 Å². The first kappa shape index (κ1) is 21.8. The normalized spacial score (nSPS) is 27.0. The summed E-state index contributed by atoms with van der Waals surface area (Å²) in [7, 11) is 0. The molecule has 2 atom stereocenters. The van der Waals surface area contributed by atoms with Crippen LogP contribution in [0.25, 0.3) is 11.0 Å². The summed E-state index contributed by atoms with van der Waals surface area (Å²) in [5.41, 5.74) is 0.00215. The van der Waals surface area contributed by atoms with Gasteiger partial charge in [0.2, 0.25) is 11.8 Å². The molecule has 3 N–H and O–H groups in total. The van der Waals surface area contributed by atoms with E-state index in [-0.39, 0.29) is 35.3 Å².